The Labute approximate surface area is 232 Å². The maximum Gasteiger partial charge on any atom is 0.143 e. The molecule has 188 valence electrons. The van der Waals surface area contributed by atoms with Crippen LogP contribution in [0.4, 0.5) is 0 Å². The average Bonchev–Trinajstić information content (AvgIpc) is 3.26. The van der Waals surface area contributed by atoms with E-state index < -0.39 is 0 Å². The topological polar surface area (TPSA) is 25.8 Å². The first-order valence-corrected chi connectivity index (χ1v) is 14.6. The van der Waals surface area contributed by atoms with Gasteiger partial charge in [0.15, 0.2) is 0 Å². The molecule has 2 nitrogen and oxygen atoms in total. The van der Waals surface area contributed by atoms with Gasteiger partial charge in [0.05, 0.1) is 11.4 Å². The Hall–Kier alpha value is -4.08. The summed E-state index contributed by atoms with van der Waals surface area (Å²) in [5.74, 6) is 0.160. The molecular formula is C36H28N2S. The van der Waals surface area contributed by atoms with E-state index in [0.29, 0.717) is 0 Å². The van der Waals surface area contributed by atoms with Crippen molar-refractivity contribution < 1.29 is 0 Å². The lowest BCUT2D eigenvalue weighted by atomic mass is 9.69. The van der Waals surface area contributed by atoms with Crippen LogP contribution in [-0.2, 0) is 0 Å². The van der Waals surface area contributed by atoms with Gasteiger partial charge in [-0.2, -0.15) is 0 Å². The predicted octanol–water partition coefficient (Wildman–Crippen LogP) is 9.65. The number of nitrogens with zero attached hydrogens (tertiary/aromatic N) is 2. The molecule has 2 heterocycles. The zero-order valence-corrected chi connectivity index (χ0v) is 22.7. The molecule has 0 saturated carbocycles. The molecule has 0 bridgehead atoms. The first kappa shape index (κ1) is 22.9. The molecule has 3 aliphatic rings. The highest BCUT2D eigenvalue weighted by Gasteiger charge is 2.35. The van der Waals surface area contributed by atoms with Crippen LogP contribution in [0, 0.1) is 5.41 Å². The van der Waals surface area contributed by atoms with Crippen molar-refractivity contribution in [2.24, 2.45) is 5.41 Å². The molecular weight excluding hydrogens is 492 g/mol. The second-order valence-corrected chi connectivity index (χ2v) is 12.2. The summed E-state index contributed by atoms with van der Waals surface area (Å²) in [6.45, 7) is 2.38. The van der Waals surface area contributed by atoms with E-state index in [1.165, 1.54) is 37.9 Å². The fraction of sp³-hybridized carbons (Fsp3) is 0.167. The van der Waals surface area contributed by atoms with Gasteiger partial charge < -0.3 is 0 Å². The summed E-state index contributed by atoms with van der Waals surface area (Å²) in [4.78, 5) is 11.9. The number of aromatic nitrogens is 2. The number of rotatable bonds is 2. The molecule has 0 amide bonds. The Morgan fingerprint density at radius 1 is 0.897 bits per heavy atom. The SMILES string of the molecule is CC12C=C3C(=CC1=CC=CC2)CCC(c1nc2sc4ccccc4c2nc1-c1ccccc1)c1ccccc13. The van der Waals surface area contributed by atoms with Crippen LogP contribution < -0.4 is 0 Å². The summed E-state index contributed by atoms with van der Waals surface area (Å²) in [5, 5.41) is 1.19. The molecule has 5 aromatic rings. The van der Waals surface area contributed by atoms with Gasteiger partial charge in [0.2, 0.25) is 0 Å². The summed E-state index contributed by atoms with van der Waals surface area (Å²) in [5.41, 5.74) is 11.3. The molecule has 3 heteroatoms. The van der Waals surface area contributed by atoms with E-state index in [1.807, 2.05) is 0 Å². The third kappa shape index (κ3) is 3.60. The smallest absolute Gasteiger partial charge is 0.143 e. The second kappa shape index (κ2) is 8.72. The number of benzene rings is 3. The van der Waals surface area contributed by atoms with Crippen molar-refractivity contribution in [1.29, 1.82) is 0 Å². The molecule has 2 atom stereocenters. The minimum Gasteiger partial charge on any atom is -0.243 e. The molecule has 8 rings (SSSR count). The van der Waals surface area contributed by atoms with E-state index in [2.05, 4.69) is 116 Å². The highest BCUT2D eigenvalue weighted by molar-refractivity contribution is 7.25. The van der Waals surface area contributed by atoms with E-state index >= 15 is 0 Å². The van der Waals surface area contributed by atoms with Gasteiger partial charge in [-0.1, -0.05) is 110 Å². The number of thiophene rings is 1. The molecule has 0 fully saturated rings. The molecule has 2 unspecified atom stereocenters. The van der Waals surface area contributed by atoms with Crippen LogP contribution in [0.2, 0.25) is 0 Å². The third-order valence-electron chi connectivity index (χ3n) is 8.70. The van der Waals surface area contributed by atoms with Gasteiger partial charge in [0, 0.05) is 27.0 Å². The van der Waals surface area contributed by atoms with Crippen molar-refractivity contribution in [2.45, 2.75) is 32.1 Å². The molecule has 0 N–H and O–H groups in total. The quantitative estimate of drug-likeness (QED) is 0.231. The molecule has 0 radical (unpaired) electrons. The number of allylic oxidation sites excluding steroid dienone is 8. The van der Waals surface area contributed by atoms with Crippen molar-refractivity contribution in [1.82, 2.24) is 9.97 Å². The van der Waals surface area contributed by atoms with E-state index in [1.54, 1.807) is 11.3 Å². The Morgan fingerprint density at radius 2 is 1.72 bits per heavy atom. The Morgan fingerprint density at radius 3 is 2.64 bits per heavy atom. The van der Waals surface area contributed by atoms with Gasteiger partial charge in [0.25, 0.3) is 0 Å². The largest absolute Gasteiger partial charge is 0.243 e. The lowest BCUT2D eigenvalue weighted by molar-refractivity contribution is 0.526. The van der Waals surface area contributed by atoms with Crippen LogP contribution in [-0.4, -0.2) is 9.97 Å². The maximum absolute atomic E-state index is 5.45. The van der Waals surface area contributed by atoms with Gasteiger partial charge in [-0.3, -0.25) is 0 Å². The Bertz CT molecular complexity index is 1900. The van der Waals surface area contributed by atoms with E-state index in [0.717, 1.165) is 46.6 Å². The van der Waals surface area contributed by atoms with Gasteiger partial charge in [0.1, 0.15) is 10.3 Å². The number of fused-ring (bicyclic) bond motifs is 7. The van der Waals surface area contributed by atoms with Crippen LogP contribution in [0.25, 0.3) is 37.3 Å². The van der Waals surface area contributed by atoms with Crippen LogP contribution in [0.1, 0.15) is 48.9 Å². The van der Waals surface area contributed by atoms with Crippen molar-refractivity contribution in [3.63, 3.8) is 0 Å². The van der Waals surface area contributed by atoms with Crippen LogP contribution in [0.5, 0.6) is 0 Å². The fourth-order valence-corrected chi connectivity index (χ4v) is 7.68. The molecule has 3 aliphatic carbocycles. The molecule has 39 heavy (non-hydrogen) atoms. The van der Waals surface area contributed by atoms with Crippen molar-refractivity contribution in [3.05, 3.63) is 137 Å². The van der Waals surface area contributed by atoms with E-state index in [9.17, 15) is 0 Å². The maximum atomic E-state index is 5.45. The lowest BCUT2D eigenvalue weighted by Crippen LogP contribution is -2.20. The Balaban J connectivity index is 1.37. The monoisotopic (exact) mass is 520 g/mol. The first-order chi connectivity index (χ1) is 19.2. The zero-order valence-electron chi connectivity index (χ0n) is 21.9. The second-order valence-electron chi connectivity index (χ2n) is 11.2. The average molecular weight is 521 g/mol. The van der Waals surface area contributed by atoms with Crippen LogP contribution in [0.3, 0.4) is 0 Å². The summed E-state index contributed by atoms with van der Waals surface area (Å²) in [6.07, 6.45) is 14.9. The van der Waals surface area contributed by atoms with Gasteiger partial charge in [-0.05, 0) is 53.2 Å². The summed E-state index contributed by atoms with van der Waals surface area (Å²) < 4.78 is 1.24. The first-order valence-electron chi connectivity index (χ1n) is 13.8. The summed E-state index contributed by atoms with van der Waals surface area (Å²) in [7, 11) is 0. The third-order valence-corrected chi connectivity index (χ3v) is 9.75. The standard InChI is InChI=1S/C36H28N2S/c1-36-20-10-9-13-25(36)21-24-18-19-28(26-14-5-6-15-27(26)30(24)22-36)33-32(23-11-3-2-4-12-23)37-34-29-16-7-8-17-31(29)39-35(34)38-33/h2-17,21-22,28H,18-20H2,1H3. The van der Waals surface area contributed by atoms with Crippen molar-refractivity contribution in [2.75, 3.05) is 0 Å². The normalized spacial score (nSPS) is 21.9. The lowest BCUT2D eigenvalue weighted by Gasteiger charge is -2.34. The Kier molecular flexibility index (Phi) is 5.11. The minimum atomic E-state index is 0.0471. The molecule has 2 aromatic heterocycles. The van der Waals surface area contributed by atoms with Crippen molar-refractivity contribution in [3.8, 4) is 11.3 Å². The number of hydrogen-bond donors (Lipinski definition) is 0. The fourth-order valence-electron chi connectivity index (χ4n) is 6.65. The van der Waals surface area contributed by atoms with Crippen LogP contribution >= 0.6 is 11.3 Å². The van der Waals surface area contributed by atoms with Crippen molar-refractivity contribution >= 4 is 37.3 Å². The molecule has 3 aromatic carbocycles. The number of hydrogen-bond acceptors (Lipinski definition) is 3. The van der Waals surface area contributed by atoms with Gasteiger partial charge in [-0.25, -0.2) is 9.97 Å². The van der Waals surface area contributed by atoms with Gasteiger partial charge in [-0.15, -0.1) is 11.3 Å². The van der Waals surface area contributed by atoms with E-state index in [4.69, 9.17) is 9.97 Å². The highest BCUT2D eigenvalue weighted by Crippen LogP contribution is 2.51. The predicted molar refractivity (Wildman–Crippen MR) is 164 cm³/mol. The summed E-state index contributed by atoms with van der Waals surface area (Å²) >= 11 is 1.75. The molecule has 0 saturated heterocycles. The van der Waals surface area contributed by atoms with E-state index in [-0.39, 0.29) is 11.3 Å². The highest BCUT2D eigenvalue weighted by atomic mass is 32.1. The van der Waals surface area contributed by atoms with Crippen LogP contribution in [0.15, 0.2) is 120 Å². The molecule has 0 spiro atoms. The molecule has 0 aliphatic heterocycles. The minimum absolute atomic E-state index is 0.0471. The van der Waals surface area contributed by atoms with Gasteiger partial charge >= 0.3 is 0 Å². The summed E-state index contributed by atoms with van der Waals surface area (Å²) in [6, 6.07) is 28.2. The zero-order chi connectivity index (χ0) is 26.0.